The number of nitrogens with zero attached hydrogens (tertiary/aromatic N) is 2. The highest BCUT2D eigenvalue weighted by Crippen LogP contribution is 2.29. The molecule has 0 saturated heterocycles. The van der Waals surface area contributed by atoms with Crippen LogP contribution in [0.3, 0.4) is 0 Å². The Bertz CT molecular complexity index is 1230. The minimum atomic E-state index is -4.47. The first-order chi connectivity index (χ1) is 16.3. The molecular weight excluding hydrogens is 444 g/mol. The van der Waals surface area contributed by atoms with Crippen molar-refractivity contribution in [2.75, 3.05) is 0 Å². The van der Waals surface area contributed by atoms with Crippen LogP contribution in [0, 0.1) is 5.82 Å². The fraction of sp³-hybridized carbons (Fsp3) is 0.148. The maximum atomic E-state index is 13.3. The maximum absolute atomic E-state index is 13.3. The summed E-state index contributed by atoms with van der Waals surface area (Å²) in [4.78, 5) is 14.9. The SMILES string of the molecule is O=C(c1ccc(C(F)(F)F)cc1)N(Cc1ccccc1)Cc1cccn1Cc1ccc(F)cc1. The molecule has 3 aromatic carbocycles. The number of halogens is 4. The lowest BCUT2D eigenvalue weighted by Gasteiger charge is -2.24. The molecule has 7 heteroatoms. The van der Waals surface area contributed by atoms with E-state index in [1.807, 2.05) is 53.2 Å². The number of benzene rings is 3. The van der Waals surface area contributed by atoms with Crippen molar-refractivity contribution in [1.82, 2.24) is 9.47 Å². The number of carbonyl (C=O) groups excluding carboxylic acids is 1. The highest BCUT2D eigenvalue weighted by atomic mass is 19.4. The molecule has 0 bridgehead atoms. The van der Waals surface area contributed by atoms with Crippen molar-refractivity contribution in [1.29, 1.82) is 0 Å². The lowest BCUT2D eigenvalue weighted by molar-refractivity contribution is -0.137. The third-order valence-corrected chi connectivity index (χ3v) is 5.51. The maximum Gasteiger partial charge on any atom is 0.416 e. The van der Waals surface area contributed by atoms with E-state index in [0.717, 1.165) is 29.0 Å². The molecular formula is C27H22F4N2O. The summed E-state index contributed by atoms with van der Waals surface area (Å²) in [5.74, 6) is -0.681. The standard InChI is InChI=1S/C27H22F4N2O/c28-24-14-8-21(9-15-24)17-32-16-4-7-25(32)19-33(18-20-5-2-1-3-6-20)26(34)22-10-12-23(13-11-22)27(29,30)31/h1-16H,17-19H2. The Morgan fingerprint density at radius 3 is 2.09 bits per heavy atom. The average molecular weight is 466 g/mol. The second kappa shape index (κ2) is 9.95. The van der Waals surface area contributed by atoms with Gasteiger partial charge in [0, 0.05) is 30.5 Å². The molecule has 0 atom stereocenters. The second-order valence-electron chi connectivity index (χ2n) is 7.98. The Morgan fingerprint density at radius 1 is 0.765 bits per heavy atom. The van der Waals surface area contributed by atoms with E-state index >= 15 is 0 Å². The molecule has 0 aliphatic carbocycles. The molecule has 0 N–H and O–H groups in total. The molecule has 4 rings (SSSR count). The van der Waals surface area contributed by atoms with Crippen LogP contribution in [0.4, 0.5) is 17.6 Å². The van der Waals surface area contributed by atoms with E-state index in [-0.39, 0.29) is 23.8 Å². The molecule has 0 aliphatic rings. The van der Waals surface area contributed by atoms with Crippen molar-refractivity contribution in [3.05, 3.63) is 131 Å². The van der Waals surface area contributed by atoms with E-state index in [1.165, 1.54) is 24.3 Å². The van der Waals surface area contributed by atoms with Crippen LogP contribution in [0.2, 0.25) is 0 Å². The molecule has 1 heterocycles. The summed E-state index contributed by atoms with van der Waals surface area (Å²) in [5, 5.41) is 0. The molecule has 34 heavy (non-hydrogen) atoms. The number of aromatic nitrogens is 1. The van der Waals surface area contributed by atoms with Crippen LogP contribution < -0.4 is 0 Å². The number of alkyl halides is 3. The van der Waals surface area contributed by atoms with E-state index in [1.54, 1.807) is 17.0 Å². The molecule has 1 amide bonds. The minimum Gasteiger partial charge on any atom is -0.345 e. The molecule has 0 saturated carbocycles. The van der Waals surface area contributed by atoms with Crippen molar-refractivity contribution in [3.8, 4) is 0 Å². The fourth-order valence-electron chi connectivity index (χ4n) is 3.72. The van der Waals surface area contributed by atoms with Gasteiger partial charge in [-0.15, -0.1) is 0 Å². The lowest BCUT2D eigenvalue weighted by Crippen LogP contribution is -2.31. The monoisotopic (exact) mass is 466 g/mol. The quantitative estimate of drug-likeness (QED) is 0.284. The predicted molar refractivity (Wildman–Crippen MR) is 121 cm³/mol. The van der Waals surface area contributed by atoms with E-state index in [4.69, 9.17) is 0 Å². The summed E-state index contributed by atoms with van der Waals surface area (Å²) in [7, 11) is 0. The zero-order valence-electron chi connectivity index (χ0n) is 18.2. The zero-order chi connectivity index (χ0) is 24.1. The summed E-state index contributed by atoms with van der Waals surface area (Å²) in [6.45, 7) is 1.04. The fourth-order valence-corrected chi connectivity index (χ4v) is 3.72. The van der Waals surface area contributed by atoms with Gasteiger partial charge < -0.3 is 9.47 Å². The van der Waals surface area contributed by atoms with Crippen molar-refractivity contribution in [2.45, 2.75) is 25.8 Å². The van der Waals surface area contributed by atoms with Gasteiger partial charge in [-0.3, -0.25) is 4.79 Å². The molecule has 0 spiro atoms. The first-order valence-electron chi connectivity index (χ1n) is 10.7. The smallest absolute Gasteiger partial charge is 0.345 e. The Balaban J connectivity index is 1.59. The van der Waals surface area contributed by atoms with Gasteiger partial charge in [0.15, 0.2) is 0 Å². The van der Waals surface area contributed by atoms with Gasteiger partial charge in [0.25, 0.3) is 5.91 Å². The second-order valence-corrected chi connectivity index (χ2v) is 7.98. The molecule has 0 fully saturated rings. The van der Waals surface area contributed by atoms with Crippen LogP contribution >= 0.6 is 0 Å². The summed E-state index contributed by atoms with van der Waals surface area (Å²) in [6, 6.07) is 23.6. The third kappa shape index (κ3) is 5.73. The molecule has 3 nitrogen and oxygen atoms in total. The molecule has 0 radical (unpaired) electrons. The Labute approximate surface area is 194 Å². The first kappa shape index (κ1) is 23.3. The molecule has 0 aliphatic heterocycles. The Morgan fingerprint density at radius 2 is 1.44 bits per heavy atom. The number of amides is 1. The third-order valence-electron chi connectivity index (χ3n) is 5.51. The first-order valence-corrected chi connectivity index (χ1v) is 10.7. The van der Waals surface area contributed by atoms with Crippen molar-refractivity contribution >= 4 is 5.91 Å². The number of rotatable bonds is 7. The van der Waals surface area contributed by atoms with Crippen LogP contribution in [0.5, 0.6) is 0 Å². The summed E-state index contributed by atoms with van der Waals surface area (Å²) in [5.41, 5.74) is 2.04. The number of hydrogen-bond acceptors (Lipinski definition) is 1. The molecule has 4 aromatic rings. The topological polar surface area (TPSA) is 25.2 Å². The van der Waals surface area contributed by atoms with E-state index in [9.17, 15) is 22.4 Å². The van der Waals surface area contributed by atoms with Gasteiger partial charge in [0.2, 0.25) is 0 Å². The minimum absolute atomic E-state index is 0.181. The van der Waals surface area contributed by atoms with Crippen molar-refractivity contribution < 1.29 is 22.4 Å². The average Bonchev–Trinajstić information content (AvgIpc) is 3.26. The van der Waals surface area contributed by atoms with Gasteiger partial charge in [-0.1, -0.05) is 42.5 Å². The van der Waals surface area contributed by atoms with Crippen molar-refractivity contribution in [2.24, 2.45) is 0 Å². The normalized spacial score (nSPS) is 11.4. The zero-order valence-corrected chi connectivity index (χ0v) is 18.2. The van der Waals surface area contributed by atoms with Gasteiger partial charge in [-0.25, -0.2) is 4.39 Å². The summed E-state index contributed by atoms with van der Waals surface area (Å²) in [6.07, 6.45) is -2.59. The Hall–Kier alpha value is -3.87. The van der Waals surface area contributed by atoms with Gasteiger partial charge in [0.05, 0.1) is 12.1 Å². The van der Waals surface area contributed by atoms with Crippen LogP contribution in [-0.4, -0.2) is 15.4 Å². The summed E-state index contributed by atoms with van der Waals surface area (Å²) < 4.78 is 54.1. The number of carbonyl (C=O) groups is 1. The van der Waals surface area contributed by atoms with Gasteiger partial charge in [-0.05, 0) is 59.7 Å². The molecule has 0 unspecified atom stereocenters. The van der Waals surface area contributed by atoms with Crippen LogP contribution in [-0.2, 0) is 25.8 Å². The predicted octanol–water partition coefficient (Wildman–Crippen LogP) is 6.54. The van der Waals surface area contributed by atoms with Crippen LogP contribution in [0.15, 0.2) is 97.2 Å². The highest BCUT2D eigenvalue weighted by molar-refractivity contribution is 5.94. The molecule has 1 aromatic heterocycles. The van der Waals surface area contributed by atoms with Gasteiger partial charge >= 0.3 is 6.18 Å². The lowest BCUT2D eigenvalue weighted by atomic mass is 10.1. The van der Waals surface area contributed by atoms with Crippen LogP contribution in [0.1, 0.15) is 32.7 Å². The summed E-state index contributed by atoms with van der Waals surface area (Å²) >= 11 is 0. The molecule has 174 valence electrons. The highest BCUT2D eigenvalue weighted by Gasteiger charge is 2.30. The number of hydrogen-bond donors (Lipinski definition) is 0. The van der Waals surface area contributed by atoms with Crippen LogP contribution in [0.25, 0.3) is 0 Å². The van der Waals surface area contributed by atoms with E-state index in [0.29, 0.717) is 13.1 Å². The van der Waals surface area contributed by atoms with E-state index in [2.05, 4.69) is 0 Å². The largest absolute Gasteiger partial charge is 0.416 e. The van der Waals surface area contributed by atoms with Crippen molar-refractivity contribution in [3.63, 3.8) is 0 Å². The van der Waals surface area contributed by atoms with Gasteiger partial charge in [0.1, 0.15) is 5.82 Å². The van der Waals surface area contributed by atoms with Gasteiger partial charge in [-0.2, -0.15) is 13.2 Å². The van der Waals surface area contributed by atoms with E-state index < -0.39 is 11.7 Å². The Kier molecular flexibility index (Phi) is 6.82.